The molecule has 0 radical (unpaired) electrons. The predicted octanol–water partition coefficient (Wildman–Crippen LogP) is 2.26. The fourth-order valence-electron chi connectivity index (χ4n) is 2.66. The zero-order valence-electron chi connectivity index (χ0n) is 12.0. The Hall–Kier alpha value is -0.120. The molecule has 0 aromatic heterocycles. The van der Waals surface area contributed by atoms with Gasteiger partial charge in [0.15, 0.2) is 0 Å². The lowest BCUT2D eigenvalue weighted by atomic mass is 10.1. The molecule has 1 heterocycles. The maximum Gasteiger partial charge on any atom is 0.0699 e. The van der Waals surface area contributed by atoms with Crippen LogP contribution < -0.4 is 5.32 Å². The third kappa shape index (κ3) is 5.36. The Labute approximate surface area is 107 Å². The van der Waals surface area contributed by atoms with Crippen LogP contribution in [0.2, 0.25) is 0 Å². The van der Waals surface area contributed by atoms with Crippen molar-refractivity contribution in [2.75, 3.05) is 26.2 Å². The van der Waals surface area contributed by atoms with Crippen molar-refractivity contribution >= 4 is 0 Å². The molecule has 1 rings (SSSR count). The molecule has 0 saturated carbocycles. The Morgan fingerprint density at radius 1 is 1.35 bits per heavy atom. The molecule has 102 valence electrons. The summed E-state index contributed by atoms with van der Waals surface area (Å²) in [5.74, 6) is 0. The van der Waals surface area contributed by atoms with E-state index in [0.29, 0.717) is 18.2 Å². The van der Waals surface area contributed by atoms with Gasteiger partial charge in [-0.3, -0.25) is 4.90 Å². The maximum absolute atomic E-state index is 5.83. The molecule has 1 aliphatic rings. The minimum atomic E-state index is 0.439. The van der Waals surface area contributed by atoms with Crippen LogP contribution in [0.3, 0.4) is 0 Å². The van der Waals surface area contributed by atoms with Gasteiger partial charge in [-0.15, -0.1) is 0 Å². The number of hydrogen-bond acceptors (Lipinski definition) is 3. The molecule has 1 saturated heterocycles. The zero-order valence-corrected chi connectivity index (χ0v) is 12.0. The second kappa shape index (κ2) is 8.06. The van der Waals surface area contributed by atoms with Gasteiger partial charge in [-0.25, -0.2) is 0 Å². The monoisotopic (exact) mass is 242 g/mol. The molecule has 0 aromatic rings. The van der Waals surface area contributed by atoms with Crippen LogP contribution in [0.1, 0.15) is 47.0 Å². The molecule has 0 bridgehead atoms. The first-order chi connectivity index (χ1) is 8.17. The zero-order chi connectivity index (χ0) is 12.7. The van der Waals surface area contributed by atoms with Crippen molar-refractivity contribution in [1.82, 2.24) is 10.2 Å². The van der Waals surface area contributed by atoms with Gasteiger partial charge in [-0.1, -0.05) is 13.8 Å². The van der Waals surface area contributed by atoms with Gasteiger partial charge in [-0.2, -0.15) is 0 Å². The molecule has 17 heavy (non-hydrogen) atoms. The normalized spacial score (nSPS) is 26.5. The number of nitrogens with one attached hydrogen (secondary N) is 1. The maximum atomic E-state index is 5.83. The van der Waals surface area contributed by atoms with E-state index >= 15 is 0 Å². The molecular weight excluding hydrogens is 212 g/mol. The molecule has 0 aliphatic carbocycles. The fourth-order valence-corrected chi connectivity index (χ4v) is 2.66. The summed E-state index contributed by atoms with van der Waals surface area (Å²) in [4.78, 5) is 2.61. The summed E-state index contributed by atoms with van der Waals surface area (Å²) >= 11 is 0. The van der Waals surface area contributed by atoms with Gasteiger partial charge in [0, 0.05) is 31.8 Å². The third-order valence-corrected chi connectivity index (χ3v) is 3.71. The Bertz CT molecular complexity index is 199. The van der Waals surface area contributed by atoms with Crippen LogP contribution in [0.15, 0.2) is 0 Å². The van der Waals surface area contributed by atoms with Crippen LogP contribution in [-0.2, 0) is 4.74 Å². The first-order valence-corrected chi connectivity index (χ1v) is 7.26. The molecular formula is C14H30N2O. The van der Waals surface area contributed by atoms with Gasteiger partial charge < -0.3 is 10.1 Å². The summed E-state index contributed by atoms with van der Waals surface area (Å²) in [6.45, 7) is 13.3. The average Bonchev–Trinajstić information content (AvgIpc) is 2.54. The first kappa shape index (κ1) is 14.9. The fraction of sp³-hybridized carbons (Fsp3) is 1.00. The van der Waals surface area contributed by atoms with Crippen LogP contribution in [0.25, 0.3) is 0 Å². The van der Waals surface area contributed by atoms with Gasteiger partial charge in [0.2, 0.25) is 0 Å². The summed E-state index contributed by atoms with van der Waals surface area (Å²) < 4.78 is 5.83. The quantitative estimate of drug-likeness (QED) is 0.773. The van der Waals surface area contributed by atoms with E-state index < -0.39 is 0 Å². The van der Waals surface area contributed by atoms with Crippen LogP contribution >= 0.6 is 0 Å². The lowest BCUT2D eigenvalue weighted by Crippen LogP contribution is -2.41. The molecule has 3 unspecified atom stereocenters. The van der Waals surface area contributed by atoms with E-state index in [-0.39, 0.29) is 0 Å². The highest BCUT2D eigenvalue weighted by atomic mass is 16.5. The highest BCUT2D eigenvalue weighted by Gasteiger charge is 2.22. The molecule has 1 fully saturated rings. The molecule has 3 atom stereocenters. The van der Waals surface area contributed by atoms with Crippen LogP contribution in [-0.4, -0.2) is 49.3 Å². The van der Waals surface area contributed by atoms with Crippen molar-refractivity contribution in [3.05, 3.63) is 0 Å². The largest absolute Gasteiger partial charge is 0.377 e. The van der Waals surface area contributed by atoms with E-state index in [1.807, 2.05) is 0 Å². The molecule has 0 aromatic carbocycles. The van der Waals surface area contributed by atoms with Gasteiger partial charge in [0.1, 0.15) is 0 Å². The summed E-state index contributed by atoms with van der Waals surface area (Å²) in [7, 11) is 0. The number of nitrogens with zero attached hydrogens (tertiary/aromatic N) is 1. The Balaban J connectivity index is 2.40. The van der Waals surface area contributed by atoms with Crippen molar-refractivity contribution < 1.29 is 4.74 Å². The summed E-state index contributed by atoms with van der Waals surface area (Å²) in [5.41, 5.74) is 0. The van der Waals surface area contributed by atoms with E-state index in [2.05, 4.69) is 37.9 Å². The minimum absolute atomic E-state index is 0.439. The van der Waals surface area contributed by atoms with Crippen molar-refractivity contribution in [2.45, 2.75) is 65.1 Å². The van der Waals surface area contributed by atoms with Crippen LogP contribution in [0, 0.1) is 0 Å². The van der Waals surface area contributed by atoms with E-state index in [1.54, 1.807) is 0 Å². The SMILES string of the molecule is CCNC(C)CC(C)N1CCCOC(CC)C1. The Morgan fingerprint density at radius 3 is 2.76 bits per heavy atom. The van der Waals surface area contributed by atoms with E-state index in [0.717, 1.165) is 26.1 Å². The summed E-state index contributed by atoms with van der Waals surface area (Å²) in [6.07, 6.45) is 3.97. The Kier molecular flexibility index (Phi) is 7.09. The summed E-state index contributed by atoms with van der Waals surface area (Å²) in [5, 5.41) is 3.50. The van der Waals surface area contributed by atoms with E-state index in [1.165, 1.54) is 19.4 Å². The third-order valence-electron chi connectivity index (χ3n) is 3.71. The van der Waals surface area contributed by atoms with Crippen LogP contribution in [0.5, 0.6) is 0 Å². The highest BCUT2D eigenvalue weighted by Crippen LogP contribution is 2.14. The molecule has 1 N–H and O–H groups in total. The number of ether oxygens (including phenoxy) is 1. The molecule has 3 heteroatoms. The van der Waals surface area contributed by atoms with Gasteiger partial charge in [0.25, 0.3) is 0 Å². The van der Waals surface area contributed by atoms with Crippen molar-refractivity contribution in [3.8, 4) is 0 Å². The highest BCUT2D eigenvalue weighted by molar-refractivity contribution is 4.77. The van der Waals surface area contributed by atoms with Gasteiger partial charge in [-0.05, 0) is 39.7 Å². The summed E-state index contributed by atoms with van der Waals surface area (Å²) in [6, 6.07) is 1.26. The van der Waals surface area contributed by atoms with E-state index in [9.17, 15) is 0 Å². The minimum Gasteiger partial charge on any atom is -0.377 e. The average molecular weight is 242 g/mol. The second-order valence-corrected chi connectivity index (χ2v) is 5.29. The van der Waals surface area contributed by atoms with Gasteiger partial charge >= 0.3 is 0 Å². The number of hydrogen-bond donors (Lipinski definition) is 1. The van der Waals surface area contributed by atoms with Gasteiger partial charge in [0.05, 0.1) is 6.10 Å². The second-order valence-electron chi connectivity index (χ2n) is 5.29. The molecule has 1 aliphatic heterocycles. The lowest BCUT2D eigenvalue weighted by Gasteiger charge is -2.31. The molecule has 0 amide bonds. The standard InChI is InChI=1S/C14H30N2O/c1-5-14-11-16(8-7-9-17-14)13(4)10-12(3)15-6-2/h12-15H,5-11H2,1-4H3. The molecule has 3 nitrogen and oxygen atoms in total. The van der Waals surface area contributed by atoms with Crippen molar-refractivity contribution in [1.29, 1.82) is 0 Å². The predicted molar refractivity (Wildman–Crippen MR) is 73.4 cm³/mol. The van der Waals surface area contributed by atoms with Crippen LogP contribution in [0.4, 0.5) is 0 Å². The Morgan fingerprint density at radius 2 is 2.12 bits per heavy atom. The van der Waals surface area contributed by atoms with Crippen molar-refractivity contribution in [3.63, 3.8) is 0 Å². The molecule has 0 spiro atoms. The first-order valence-electron chi connectivity index (χ1n) is 7.26. The lowest BCUT2D eigenvalue weighted by molar-refractivity contribution is 0.0453. The smallest absolute Gasteiger partial charge is 0.0699 e. The van der Waals surface area contributed by atoms with E-state index in [4.69, 9.17) is 4.74 Å². The van der Waals surface area contributed by atoms with Crippen molar-refractivity contribution in [2.24, 2.45) is 0 Å². The number of rotatable bonds is 6. The topological polar surface area (TPSA) is 24.5 Å².